The maximum atomic E-state index is 12.6. The van der Waals surface area contributed by atoms with Crippen LogP contribution < -0.4 is 14.8 Å². The van der Waals surface area contributed by atoms with E-state index in [-0.39, 0.29) is 17.6 Å². The van der Waals surface area contributed by atoms with Gasteiger partial charge in [0.25, 0.3) is 5.91 Å². The molecule has 0 radical (unpaired) electrons. The molecule has 8 heteroatoms. The van der Waals surface area contributed by atoms with E-state index in [0.29, 0.717) is 22.8 Å². The van der Waals surface area contributed by atoms with Gasteiger partial charge in [-0.1, -0.05) is 5.16 Å². The number of nitrogens with one attached hydrogen (secondary N) is 1. The van der Waals surface area contributed by atoms with E-state index >= 15 is 0 Å². The molecular weight excluding hydrogens is 348 g/mol. The van der Waals surface area contributed by atoms with Gasteiger partial charge >= 0.3 is 0 Å². The Kier molecular flexibility index (Phi) is 5.16. The van der Waals surface area contributed by atoms with E-state index < -0.39 is 0 Å². The zero-order valence-electron chi connectivity index (χ0n) is 15.9. The van der Waals surface area contributed by atoms with Crippen LogP contribution in [0.5, 0.6) is 11.5 Å². The highest BCUT2D eigenvalue weighted by Gasteiger charge is 2.20. The summed E-state index contributed by atoms with van der Waals surface area (Å²) in [6, 6.07) is 6.68. The van der Waals surface area contributed by atoms with Crippen molar-refractivity contribution in [2.24, 2.45) is 7.05 Å². The predicted octanol–water partition coefficient (Wildman–Crippen LogP) is 2.89. The van der Waals surface area contributed by atoms with E-state index in [1.807, 2.05) is 20.9 Å². The van der Waals surface area contributed by atoms with Gasteiger partial charge < -0.3 is 19.3 Å². The number of hydrogen-bond acceptors (Lipinski definition) is 6. The third-order valence-corrected chi connectivity index (χ3v) is 4.50. The van der Waals surface area contributed by atoms with Gasteiger partial charge in [0, 0.05) is 24.4 Å². The van der Waals surface area contributed by atoms with Crippen molar-refractivity contribution in [2.75, 3.05) is 14.2 Å². The van der Waals surface area contributed by atoms with E-state index in [1.165, 1.54) is 0 Å². The van der Waals surface area contributed by atoms with Crippen molar-refractivity contribution in [2.45, 2.75) is 19.9 Å². The fourth-order valence-electron chi connectivity index (χ4n) is 2.80. The first kappa shape index (κ1) is 18.5. The highest BCUT2D eigenvalue weighted by molar-refractivity contribution is 5.93. The quantitative estimate of drug-likeness (QED) is 0.717. The summed E-state index contributed by atoms with van der Waals surface area (Å²) in [6.07, 6.45) is 1.75. The van der Waals surface area contributed by atoms with Crippen LogP contribution in [-0.2, 0) is 7.05 Å². The largest absolute Gasteiger partial charge is 0.497 e. The van der Waals surface area contributed by atoms with Gasteiger partial charge in [0.2, 0.25) is 0 Å². The number of rotatable bonds is 6. The molecule has 0 spiro atoms. The number of aryl methyl sites for hydroxylation is 1. The summed E-state index contributed by atoms with van der Waals surface area (Å²) in [5.74, 6) is 1.33. The Balaban J connectivity index is 1.81. The van der Waals surface area contributed by atoms with E-state index in [1.54, 1.807) is 49.4 Å². The molecule has 0 saturated heterocycles. The number of aromatic nitrogens is 3. The highest BCUT2D eigenvalue weighted by Crippen LogP contribution is 2.33. The Morgan fingerprint density at radius 1 is 1.26 bits per heavy atom. The Hall–Kier alpha value is -3.29. The average molecular weight is 370 g/mol. The van der Waals surface area contributed by atoms with Crippen LogP contribution >= 0.6 is 0 Å². The van der Waals surface area contributed by atoms with Gasteiger partial charge in [-0.15, -0.1) is 0 Å². The smallest absolute Gasteiger partial charge is 0.273 e. The molecule has 2 heterocycles. The molecular formula is C19H22N4O4. The Bertz CT molecular complexity index is 961. The van der Waals surface area contributed by atoms with Crippen LogP contribution in [0.2, 0.25) is 0 Å². The lowest BCUT2D eigenvalue weighted by Gasteiger charge is -2.12. The average Bonchev–Trinajstić information content (AvgIpc) is 3.29. The van der Waals surface area contributed by atoms with Crippen LogP contribution in [0.3, 0.4) is 0 Å². The second kappa shape index (κ2) is 7.53. The van der Waals surface area contributed by atoms with Gasteiger partial charge in [0.1, 0.15) is 11.5 Å². The Labute approximate surface area is 157 Å². The van der Waals surface area contributed by atoms with Crippen molar-refractivity contribution < 1.29 is 18.8 Å². The number of carbonyl (C=O) groups is 1. The summed E-state index contributed by atoms with van der Waals surface area (Å²) in [5.41, 5.74) is 2.77. The maximum Gasteiger partial charge on any atom is 0.273 e. The molecule has 1 atom stereocenters. The third kappa shape index (κ3) is 3.64. The molecule has 3 aromatic rings. The molecule has 1 aromatic carbocycles. The van der Waals surface area contributed by atoms with Crippen LogP contribution in [0.4, 0.5) is 0 Å². The molecule has 0 bridgehead atoms. The maximum absolute atomic E-state index is 12.6. The predicted molar refractivity (Wildman–Crippen MR) is 98.9 cm³/mol. The number of amides is 1. The molecule has 0 fully saturated rings. The summed E-state index contributed by atoms with van der Waals surface area (Å²) < 4.78 is 17.7. The second-order valence-electron chi connectivity index (χ2n) is 6.15. The minimum absolute atomic E-state index is 0.184. The number of nitrogens with zero attached hydrogens (tertiary/aromatic N) is 3. The first-order valence-electron chi connectivity index (χ1n) is 8.43. The van der Waals surface area contributed by atoms with Crippen molar-refractivity contribution in [1.29, 1.82) is 0 Å². The lowest BCUT2D eigenvalue weighted by Crippen LogP contribution is -2.27. The lowest BCUT2D eigenvalue weighted by molar-refractivity contribution is 0.0930. The Morgan fingerprint density at radius 3 is 2.67 bits per heavy atom. The Morgan fingerprint density at radius 2 is 2.04 bits per heavy atom. The number of carbonyl (C=O) groups excluding carboxylic acids is 1. The molecule has 0 aliphatic carbocycles. The number of ether oxygens (including phenoxy) is 2. The van der Waals surface area contributed by atoms with Gasteiger partial charge in [-0.05, 0) is 32.0 Å². The summed E-state index contributed by atoms with van der Waals surface area (Å²) in [6.45, 7) is 3.85. The fraction of sp³-hybridized carbons (Fsp3) is 0.316. The molecule has 8 nitrogen and oxygen atoms in total. The lowest BCUT2D eigenvalue weighted by atomic mass is 10.1. The zero-order chi connectivity index (χ0) is 19.6. The van der Waals surface area contributed by atoms with Crippen molar-refractivity contribution in [1.82, 2.24) is 20.3 Å². The van der Waals surface area contributed by atoms with E-state index in [2.05, 4.69) is 15.6 Å². The van der Waals surface area contributed by atoms with Gasteiger partial charge in [0.15, 0.2) is 11.5 Å². The highest BCUT2D eigenvalue weighted by atomic mass is 16.5. The summed E-state index contributed by atoms with van der Waals surface area (Å²) >= 11 is 0. The first-order valence-corrected chi connectivity index (χ1v) is 8.43. The van der Waals surface area contributed by atoms with E-state index in [9.17, 15) is 4.79 Å². The van der Waals surface area contributed by atoms with Crippen molar-refractivity contribution in [3.63, 3.8) is 0 Å². The van der Waals surface area contributed by atoms with Crippen LogP contribution in [0.1, 0.15) is 34.7 Å². The van der Waals surface area contributed by atoms with Crippen molar-refractivity contribution in [3.05, 3.63) is 47.4 Å². The molecule has 0 aliphatic heterocycles. The molecule has 142 valence electrons. The van der Waals surface area contributed by atoms with E-state index in [4.69, 9.17) is 14.0 Å². The molecule has 1 amide bonds. The van der Waals surface area contributed by atoms with Gasteiger partial charge in [0.05, 0.1) is 32.0 Å². The van der Waals surface area contributed by atoms with E-state index in [0.717, 1.165) is 11.3 Å². The number of methoxy groups -OCH3 is 2. The minimum Gasteiger partial charge on any atom is -0.497 e. The molecule has 0 saturated carbocycles. The molecule has 0 unspecified atom stereocenters. The van der Waals surface area contributed by atoms with Crippen molar-refractivity contribution in [3.8, 4) is 22.8 Å². The number of benzene rings is 1. The second-order valence-corrected chi connectivity index (χ2v) is 6.15. The number of hydrogen-bond donors (Lipinski definition) is 1. The van der Waals surface area contributed by atoms with Gasteiger partial charge in [-0.3, -0.25) is 9.48 Å². The summed E-state index contributed by atoms with van der Waals surface area (Å²) in [5, 5.41) is 11.0. The van der Waals surface area contributed by atoms with Crippen LogP contribution in [-0.4, -0.2) is 35.1 Å². The fourth-order valence-corrected chi connectivity index (χ4v) is 2.80. The monoisotopic (exact) mass is 370 g/mol. The zero-order valence-corrected chi connectivity index (χ0v) is 15.9. The first-order chi connectivity index (χ1) is 12.9. The molecule has 3 rings (SSSR count). The molecule has 27 heavy (non-hydrogen) atoms. The van der Waals surface area contributed by atoms with Crippen molar-refractivity contribution >= 4 is 5.91 Å². The van der Waals surface area contributed by atoms with Gasteiger partial charge in [-0.2, -0.15) is 5.10 Å². The third-order valence-electron chi connectivity index (χ3n) is 4.50. The summed E-state index contributed by atoms with van der Waals surface area (Å²) in [4.78, 5) is 12.6. The molecule has 1 N–H and O–H groups in total. The standard InChI is InChI=1S/C19H22N4O4/c1-11(15-10-20-23(3)12(15)2)21-19(24)16-9-18(27-22-16)14-8-13(25-4)6-7-17(14)26-5/h6-11H,1-5H3,(H,21,24)/t11-/m0/s1. The van der Waals surface area contributed by atoms with Gasteiger partial charge in [-0.25, -0.2) is 0 Å². The van der Waals surface area contributed by atoms with Crippen LogP contribution in [0, 0.1) is 6.92 Å². The van der Waals surface area contributed by atoms with Crippen LogP contribution in [0.25, 0.3) is 11.3 Å². The molecule has 0 aliphatic rings. The SMILES string of the molecule is COc1ccc(OC)c(-c2cc(C(=O)N[C@@H](C)c3cnn(C)c3C)no2)c1. The topological polar surface area (TPSA) is 91.4 Å². The summed E-state index contributed by atoms with van der Waals surface area (Å²) in [7, 11) is 5.00. The van der Waals surface area contributed by atoms with Crippen LogP contribution in [0.15, 0.2) is 35.0 Å². The molecule has 2 aromatic heterocycles. The minimum atomic E-state index is -0.331. The normalized spacial score (nSPS) is 11.9.